The molecule has 1 unspecified atom stereocenters. The highest BCUT2D eigenvalue weighted by molar-refractivity contribution is 5.97. The van der Waals surface area contributed by atoms with Gasteiger partial charge in [0.1, 0.15) is 5.60 Å². The third-order valence-electron chi connectivity index (χ3n) is 3.43. The van der Waals surface area contributed by atoms with Gasteiger partial charge < -0.3 is 15.4 Å². The second-order valence-electron chi connectivity index (χ2n) is 5.43. The summed E-state index contributed by atoms with van der Waals surface area (Å²) in [6.45, 7) is 8.69. The van der Waals surface area contributed by atoms with Gasteiger partial charge in [-0.2, -0.15) is 0 Å². The van der Waals surface area contributed by atoms with Crippen molar-refractivity contribution in [3.63, 3.8) is 0 Å². The van der Waals surface area contributed by atoms with Crippen LogP contribution in [0.25, 0.3) is 0 Å². The molecule has 0 radical (unpaired) electrons. The van der Waals surface area contributed by atoms with Crippen molar-refractivity contribution in [2.24, 2.45) is 0 Å². The van der Waals surface area contributed by atoms with Crippen LogP contribution in [0.15, 0.2) is 24.3 Å². The number of rotatable bonds is 7. The van der Waals surface area contributed by atoms with Crippen molar-refractivity contribution in [1.82, 2.24) is 5.32 Å². The Balaban J connectivity index is 2.88. The molecule has 2 N–H and O–H groups in total. The average Bonchev–Trinajstić information content (AvgIpc) is 2.45. The van der Waals surface area contributed by atoms with Crippen LogP contribution in [0.1, 0.15) is 45.7 Å². The number of hydrogen-bond acceptors (Lipinski definition) is 3. The van der Waals surface area contributed by atoms with Gasteiger partial charge in [-0.15, -0.1) is 0 Å². The number of amides is 1. The number of nitrogens with one attached hydrogen (secondary N) is 2. The molecular weight excluding hydrogens is 252 g/mol. The average molecular weight is 278 g/mol. The molecule has 1 aromatic carbocycles. The maximum atomic E-state index is 12.2. The molecule has 1 amide bonds. The van der Waals surface area contributed by atoms with Crippen LogP contribution < -0.4 is 10.6 Å². The molecule has 0 spiro atoms. The first-order chi connectivity index (χ1) is 9.42. The van der Waals surface area contributed by atoms with Crippen LogP contribution in [-0.2, 0) is 9.53 Å². The Labute approximate surface area is 121 Å². The lowest BCUT2D eigenvalue weighted by Gasteiger charge is -2.24. The minimum Gasteiger partial charge on any atom is -0.369 e. The van der Waals surface area contributed by atoms with Crippen molar-refractivity contribution in [3.8, 4) is 0 Å². The Hall–Kier alpha value is -1.39. The van der Waals surface area contributed by atoms with Crippen molar-refractivity contribution >= 4 is 11.6 Å². The van der Waals surface area contributed by atoms with Crippen LogP contribution in [0.4, 0.5) is 5.69 Å². The third kappa shape index (κ3) is 4.32. The maximum absolute atomic E-state index is 12.2. The molecule has 4 heteroatoms. The van der Waals surface area contributed by atoms with E-state index in [1.165, 1.54) is 7.11 Å². The summed E-state index contributed by atoms with van der Waals surface area (Å²) in [4.78, 5) is 12.2. The van der Waals surface area contributed by atoms with E-state index < -0.39 is 5.60 Å². The molecule has 0 saturated heterocycles. The zero-order valence-corrected chi connectivity index (χ0v) is 13.1. The summed E-state index contributed by atoms with van der Waals surface area (Å²) < 4.78 is 5.21. The first-order valence-corrected chi connectivity index (χ1v) is 7.11. The molecule has 1 aromatic rings. The van der Waals surface area contributed by atoms with E-state index in [4.69, 9.17) is 4.74 Å². The standard InChI is InChI=1S/C16H26N2O2/c1-6-11-17-12(2)13-9-7-8-10-14(13)18-15(19)16(3,4)20-5/h7-10,12,17H,6,11H2,1-5H3,(H,18,19). The van der Waals surface area contributed by atoms with Crippen molar-refractivity contribution < 1.29 is 9.53 Å². The van der Waals surface area contributed by atoms with Gasteiger partial charge in [0.15, 0.2) is 0 Å². The third-order valence-corrected chi connectivity index (χ3v) is 3.43. The topological polar surface area (TPSA) is 50.4 Å². The summed E-state index contributed by atoms with van der Waals surface area (Å²) in [5, 5.41) is 6.39. The van der Waals surface area contributed by atoms with Crippen molar-refractivity contribution in [3.05, 3.63) is 29.8 Å². The number of anilines is 1. The lowest BCUT2D eigenvalue weighted by Crippen LogP contribution is -2.39. The normalized spacial score (nSPS) is 13.1. The highest BCUT2D eigenvalue weighted by Crippen LogP contribution is 2.24. The van der Waals surface area contributed by atoms with Gasteiger partial charge in [-0.3, -0.25) is 4.79 Å². The van der Waals surface area contributed by atoms with E-state index in [1.54, 1.807) is 13.8 Å². The van der Waals surface area contributed by atoms with Crippen LogP contribution >= 0.6 is 0 Å². The molecule has 1 rings (SSSR count). The predicted octanol–water partition coefficient (Wildman–Crippen LogP) is 3.11. The summed E-state index contributed by atoms with van der Waals surface area (Å²) in [5.41, 5.74) is 1.08. The number of methoxy groups -OCH3 is 1. The molecule has 20 heavy (non-hydrogen) atoms. The summed E-state index contributed by atoms with van der Waals surface area (Å²) in [6.07, 6.45) is 1.08. The molecule has 0 saturated carbocycles. The molecule has 1 atom stereocenters. The zero-order chi connectivity index (χ0) is 15.2. The lowest BCUT2D eigenvalue weighted by molar-refractivity contribution is -0.133. The summed E-state index contributed by atoms with van der Waals surface area (Å²) >= 11 is 0. The fourth-order valence-corrected chi connectivity index (χ4v) is 1.82. The van der Waals surface area contributed by atoms with Crippen molar-refractivity contribution in [1.29, 1.82) is 0 Å². The highest BCUT2D eigenvalue weighted by atomic mass is 16.5. The first-order valence-electron chi connectivity index (χ1n) is 7.11. The zero-order valence-electron chi connectivity index (χ0n) is 13.1. The van der Waals surface area contributed by atoms with Crippen molar-refractivity contribution in [2.45, 2.75) is 45.8 Å². The maximum Gasteiger partial charge on any atom is 0.256 e. The second kappa shape index (κ2) is 7.41. The molecule has 0 bridgehead atoms. The SMILES string of the molecule is CCCNC(C)c1ccccc1NC(=O)C(C)(C)OC. The van der Waals surface area contributed by atoms with Gasteiger partial charge in [0.2, 0.25) is 0 Å². The van der Waals surface area contributed by atoms with Crippen LogP contribution in [0.2, 0.25) is 0 Å². The minimum atomic E-state index is -0.840. The number of carbonyl (C=O) groups is 1. The van der Waals surface area contributed by atoms with Gasteiger partial charge in [-0.1, -0.05) is 25.1 Å². The quantitative estimate of drug-likeness (QED) is 0.805. The molecular formula is C16H26N2O2. The number of para-hydroxylation sites is 1. The highest BCUT2D eigenvalue weighted by Gasteiger charge is 2.27. The monoisotopic (exact) mass is 278 g/mol. The summed E-state index contributed by atoms with van der Waals surface area (Å²) in [7, 11) is 1.54. The van der Waals surface area contributed by atoms with Crippen LogP contribution in [0.3, 0.4) is 0 Å². The molecule has 0 aliphatic rings. The number of benzene rings is 1. The van der Waals surface area contributed by atoms with Crippen LogP contribution in [0, 0.1) is 0 Å². The van der Waals surface area contributed by atoms with E-state index in [2.05, 4.69) is 24.5 Å². The molecule has 0 aliphatic carbocycles. The van der Waals surface area contributed by atoms with E-state index in [9.17, 15) is 4.79 Å². The Bertz CT molecular complexity index is 444. The molecule has 0 aliphatic heterocycles. The van der Waals surface area contributed by atoms with Crippen LogP contribution in [-0.4, -0.2) is 25.2 Å². The predicted molar refractivity (Wildman–Crippen MR) is 82.9 cm³/mol. The largest absolute Gasteiger partial charge is 0.369 e. The van der Waals surface area contributed by atoms with E-state index >= 15 is 0 Å². The van der Waals surface area contributed by atoms with E-state index in [-0.39, 0.29) is 11.9 Å². The number of ether oxygens (including phenoxy) is 1. The Morgan fingerprint density at radius 2 is 2.00 bits per heavy atom. The summed E-state index contributed by atoms with van der Waals surface area (Å²) in [6, 6.07) is 8.05. The smallest absolute Gasteiger partial charge is 0.256 e. The Morgan fingerprint density at radius 1 is 1.35 bits per heavy atom. The van der Waals surface area contributed by atoms with Gasteiger partial charge in [0.25, 0.3) is 5.91 Å². The van der Waals surface area contributed by atoms with E-state index in [0.29, 0.717) is 0 Å². The van der Waals surface area contributed by atoms with Gasteiger partial charge in [-0.05, 0) is 45.4 Å². The molecule has 4 nitrogen and oxygen atoms in total. The fraction of sp³-hybridized carbons (Fsp3) is 0.562. The molecule has 0 aromatic heterocycles. The molecule has 0 fully saturated rings. The Morgan fingerprint density at radius 3 is 2.60 bits per heavy atom. The second-order valence-corrected chi connectivity index (χ2v) is 5.43. The van der Waals surface area contributed by atoms with Gasteiger partial charge >= 0.3 is 0 Å². The van der Waals surface area contributed by atoms with Gasteiger partial charge in [0, 0.05) is 18.8 Å². The minimum absolute atomic E-state index is 0.143. The van der Waals surface area contributed by atoms with Gasteiger partial charge in [-0.25, -0.2) is 0 Å². The van der Waals surface area contributed by atoms with E-state index in [1.807, 2.05) is 24.3 Å². The summed E-state index contributed by atoms with van der Waals surface area (Å²) in [5.74, 6) is -0.143. The molecule has 112 valence electrons. The fourth-order valence-electron chi connectivity index (χ4n) is 1.82. The first kappa shape index (κ1) is 16.7. The van der Waals surface area contributed by atoms with Crippen molar-refractivity contribution in [2.75, 3.05) is 19.0 Å². The lowest BCUT2D eigenvalue weighted by atomic mass is 10.0. The number of carbonyl (C=O) groups excluding carboxylic acids is 1. The van der Waals surface area contributed by atoms with E-state index in [0.717, 1.165) is 24.2 Å². The number of hydrogen-bond donors (Lipinski definition) is 2. The Kier molecular flexibility index (Phi) is 6.17. The molecule has 0 heterocycles. The van der Waals surface area contributed by atoms with Gasteiger partial charge in [0.05, 0.1) is 0 Å². The van der Waals surface area contributed by atoms with Crippen LogP contribution in [0.5, 0.6) is 0 Å².